The Hall–Kier alpha value is -6.38. The third-order valence-electron chi connectivity index (χ3n) is 10.9. The van der Waals surface area contributed by atoms with E-state index in [4.69, 9.17) is 0 Å². The maximum Gasteiger partial charge on any atom is 0.0541 e. The molecular formula is C50H38N2. The number of benzene rings is 9. The van der Waals surface area contributed by atoms with E-state index in [0.29, 0.717) is 0 Å². The molecule has 10 rings (SSSR count). The number of nitrogens with zero attached hydrogens (tertiary/aromatic N) is 2. The highest BCUT2D eigenvalue weighted by atomic mass is 15.1. The van der Waals surface area contributed by atoms with E-state index >= 15 is 0 Å². The number of aromatic nitrogens is 1. The molecule has 0 unspecified atom stereocenters. The van der Waals surface area contributed by atoms with Crippen LogP contribution in [0.15, 0.2) is 176 Å². The Morgan fingerprint density at radius 2 is 0.904 bits per heavy atom. The Kier molecular flexibility index (Phi) is 6.78. The number of fused-ring (bicyclic) bond motifs is 3. The molecule has 0 spiro atoms. The summed E-state index contributed by atoms with van der Waals surface area (Å²) < 4.78 is 2.45. The van der Waals surface area contributed by atoms with Crippen LogP contribution in [0.4, 0.5) is 17.1 Å². The maximum absolute atomic E-state index is 2.45. The summed E-state index contributed by atoms with van der Waals surface area (Å²) in [4.78, 5) is 2.43. The zero-order chi connectivity index (χ0) is 35.0. The van der Waals surface area contributed by atoms with Gasteiger partial charge >= 0.3 is 0 Å². The monoisotopic (exact) mass is 666 g/mol. The first kappa shape index (κ1) is 30.4. The summed E-state index contributed by atoms with van der Waals surface area (Å²) in [5.41, 5.74) is 10.9. The van der Waals surface area contributed by atoms with Gasteiger partial charge in [0.25, 0.3) is 0 Å². The van der Waals surface area contributed by atoms with Gasteiger partial charge in [-0.25, -0.2) is 0 Å². The standard InChI is InChI=1S/C50H38N2/c1-50(2,3)37-23-27-39(28-24-37)51(38-25-17-34(18-26-38)33-11-5-4-6-12-33)46-31-21-35-20-30-43-47(32-22-36-19-29-42(46)48(35)49(36)43)52-44-15-9-7-13-40(44)41-14-8-10-16-45(41)52/h4-32H,1-3H3. The van der Waals surface area contributed by atoms with Crippen LogP contribution in [0.1, 0.15) is 26.3 Å². The zero-order valence-electron chi connectivity index (χ0n) is 29.6. The van der Waals surface area contributed by atoms with Gasteiger partial charge in [0.1, 0.15) is 0 Å². The highest BCUT2D eigenvalue weighted by molar-refractivity contribution is 6.27. The smallest absolute Gasteiger partial charge is 0.0541 e. The fraction of sp³-hybridized carbons (Fsp3) is 0.0800. The van der Waals surface area contributed by atoms with Crippen molar-refractivity contribution in [2.45, 2.75) is 26.2 Å². The van der Waals surface area contributed by atoms with Crippen LogP contribution in [0.2, 0.25) is 0 Å². The Balaban J connectivity index is 1.21. The second kappa shape index (κ2) is 11.6. The van der Waals surface area contributed by atoms with Crippen molar-refractivity contribution in [3.8, 4) is 16.8 Å². The molecule has 1 heterocycles. The van der Waals surface area contributed by atoms with Crippen molar-refractivity contribution >= 4 is 71.2 Å². The first-order valence-electron chi connectivity index (χ1n) is 18.2. The van der Waals surface area contributed by atoms with Crippen molar-refractivity contribution in [3.63, 3.8) is 0 Å². The van der Waals surface area contributed by atoms with Crippen molar-refractivity contribution in [1.29, 1.82) is 0 Å². The molecule has 10 aromatic rings. The largest absolute Gasteiger partial charge is 0.310 e. The normalized spacial score (nSPS) is 12.1. The number of rotatable bonds is 5. The summed E-state index contributed by atoms with van der Waals surface area (Å²) in [5.74, 6) is 0. The summed E-state index contributed by atoms with van der Waals surface area (Å²) in [7, 11) is 0. The van der Waals surface area contributed by atoms with Crippen molar-refractivity contribution in [3.05, 3.63) is 181 Å². The fourth-order valence-electron chi connectivity index (χ4n) is 8.31. The van der Waals surface area contributed by atoms with Gasteiger partial charge in [-0.2, -0.15) is 0 Å². The number of para-hydroxylation sites is 2. The van der Waals surface area contributed by atoms with Crippen LogP contribution in [0.25, 0.3) is 70.9 Å². The zero-order valence-corrected chi connectivity index (χ0v) is 29.6. The second-order valence-corrected chi connectivity index (χ2v) is 15.0. The third-order valence-corrected chi connectivity index (χ3v) is 10.9. The molecule has 9 aromatic carbocycles. The molecule has 0 N–H and O–H groups in total. The summed E-state index contributed by atoms with van der Waals surface area (Å²) in [5, 5.41) is 10.2. The minimum Gasteiger partial charge on any atom is -0.310 e. The lowest BCUT2D eigenvalue weighted by Gasteiger charge is -2.29. The van der Waals surface area contributed by atoms with Gasteiger partial charge in [-0.1, -0.05) is 148 Å². The molecule has 0 saturated carbocycles. The second-order valence-electron chi connectivity index (χ2n) is 15.0. The van der Waals surface area contributed by atoms with E-state index in [1.54, 1.807) is 0 Å². The highest BCUT2D eigenvalue weighted by Gasteiger charge is 2.22. The summed E-state index contributed by atoms with van der Waals surface area (Å²) in [6, 6.07) is 64.8. The van der Waals surface area contributed by atoms with E-state index in [0.717, 1.165) is 11.4 Å². The summed E-state index contributed by atoms with van der Waals surface area (Å²) in [6.45, 7) is 6.82. The van der Waals surface area contributed by atoms with Gasteiger partial charge in [0, 0.05) is 32.9 Å². The van der Waals surface area contributed by atoms with Crippen LogP contribution in [-0.2, 0) is 5.41 Å². The van der Waals surface area contributed by atoms with Crippen molar-refractivity contribution in [2.24, 2.45) is 0 Å². The van der Waals surface area contributed by atoms with Crippen molar-refractivity contribution < 1.29 is 0 Å². The SMILES string of the molecule is CC(C)(C)c1ccc(N(c2ccc(-c3ccccc3)cc2)c2ccc3ccc4c(-n5c6ccccc6c6ccccc65)ccc5ccc2c3c54)cc1. The molecule has 0 aliphatic rings. The van der Waals surface area contributed by atoms with E-state index in [1.165, 1.54) is 82.2 Å². The first-order chi connectivity index (χ1) is 25.4. The number of hydrogen-bond donors (Lipinski definition) is 0. The molecule has 0 aliphatic carbocycles. The fourth-order valence-corrected chi connectivity index (χ4v) is 8.31. The molecule has 2 heteroatoms. The van der Waals surface area contributed by atoms with Gasteiger partial charge in [-0.15, -0.1) is 0 Å². The maximum atomic E-state index is 2.45. The minimum atomic E-state index is 0.0712. The summed E-state index contributed by atoms with van der Waals surface area (Å²) >= 11 is 0. The van der Waals surface area contributed by atoms with Gasteiger partial charge in [0.2, 0.25) is 0 Å². The van der Waals surface area contributed by atoms with E-state index < -0.39 is 0 Å². The molecule has 0 bridgehead atoms. The van der Waals surface area contributed by atoms with E-state index in [1.807, 2.05) is 0 Å². The lowest BCUT2D eigenvalue weighted by Crippen LogP contribution is -2.13. The van der Waals surface area contributed by atoms with E-state index in [9.17, 15) is 0 Å². The quantitative estimate of drug-likeness (QED) is 0.166. The molecule has 0 aliphatic heterocycles. The average Bonchev–Trinajstić information content (AvgIpc) is 3.52. The molecule has 1 aromatic heterocycles. The van der Waals surface area contributed by atoms with Crippen LogP contribution in [0.3, 0.4) is 0 Å². The minimum absolute atomic E-state index is 0.0712. The number of anilines is 3. The molecule has 0 atom stereocenters. The van der Waals surface area contributed by atoms with Gasteiger partial charge in [-0.3, -0.25) is 0 Å². The molecule has 2 nitrogen and oxygen atoms in total. The van der Waals surface area contributed by atoms with Gasteiger partial charge in [0.05, 0.1) is 22.4 Å². The molecule has 0 fully saturated rings. The van der Waals surface area contributed by atoms with Crippen LogP contribution < -0.4 is 4.90 Å². The Morgan fingerprint density at radius 1 is 0.404 bits per heavy atom. The summed E-state index contributed by atoms with van der Waals surface area (Å²) in [6.07, 6.45) is 0. The van der Waals surface area contributed by atoms with E-state index in [-0.39, 0.29) is 5.41 Å². The van der Waals surface area contributed by atoms with Crippen LogP contribution >= 0.6 is 0 Å². The van der Waals surface area contributed by atoms with Crippen LogP contribution in [-0.4, -0.2) is 4.57 Å². The third kappa shape index (κ3) is 4.72. The predicted molar refractivity (Wildman–Crippen MR) is 223 cm³/mol. The lowest BCUT2D eigenvalue weighted by molar-refractivity contribution is 0.590. The van der Waals surface area contributed by atoms with Gasteiger partial charge in [0.15, 0.2) is 0 Å². The molecule has 248 valence electrons. The first-order valence-corrected chi connectivity index (χ1v) is 18.2. The number of hydrogen-bond acceptors (Lipinski definition) is 1. The Morgan fingerprint density at radius 3 is 1.54 bits per heavy atom. The molecule has 0 amide bonds. The van der Waals surface area contributed by atoms with Gasteiger partial charge < -0.3 is 9.47 Å². The van der Waals surface area contributed by atoms with Crippen LogP contribution in [0, 0.1) is 0 Å². The molecule has 52 heavy (non-hydrogen) atoms. The average molecular weight is 667 g/mol. The van der Waals surface area contributed by atoms with Crippen LogP contribution in [0.5, 0.6) is 0 Å². The Bertz CT molecular complexity index is 2850. The topological polar surface area (TPSA) is 8.17 Å². The van der Waals surface area contributed by atoms with Gasteiger partial charge in [-0.05, 0) is 92.2 Å². The van der Waals surface area contributed by atoms with Crippen molar-refractivity contribution in [1.82, 2.24) is 4.57 Å². The molecule has 0 radical (unpaired) electrons. The Labute approximate surface area is 304 Å². The predicted octanol–water partition coefficient (Wildman–Crippen LogP) is 14.1. The molecule has 0 saturated heterocycles. The van der Waals surface area contributed by atoms with E-state index in [2.05, 4.69) is 206 Å². The van der Waals surface area contributed by atoms with Crippen molar-refractivity contribution in [2.75, 3.05) is 4.90 Å². The molecular weight excluding hydrogens is 629 g/mol. The lowest BCUT2D eigenvalue weighted by atomic mass is 9.87. The highest BCUT2D eigenvalue weighted by Crippen LogP contribution is 2.46.